The molecule has 0 aliphatic rings. The number of aromatic amines is 1. The van der Waals surface area contributed by atoms with Crippen molar-refractivity contribution in [2.24, 2.45) is 0 Å². The van der Waals surface area contributed by atoms with Gasteiger partial charge in [-0.3, -0.25) is 9.89 Å². The summed E-state index contributed by atoms with van der Waals surface area (Å²) in [5, 5.41) is 11.7. The number of amides is 1. The predicted molar refractivity (Wildman–Crippen MR) is 93.6 cm³/mol. The lowest BCUT2D eigenvalue weighted by molar-refractivity contribution is -0.122. The minimum Gasteiger partial charge on any atom is -0.497 e. The number of hydrogen-bond acceptors (Lipinski definition) is 5. The molecular formula is C17H17N3O3S. The minimum absolute atomic E-state index is 0.268. The smallest absolute Gasteiger partial charge is 0.266 e. The second-order valence-electron chi connectivity index (χ2n) is 5.07. The van der Waals surface area contributed by atoms with Crippen LogP contribution in [0.3, 0.4) is 0 Å². The average Bonchev–Trinajstić information content (AvgIpc) is 3.26. The van der Waals surface area contributed by atoms with Gasteiger partial charge in [0.25, 0.3) is 5.91 Å². The maximum Gasteiger partial charge on any atom is 0.266 e. The molecule has 2 aromatic heterocycles. The Morgan fingerprint density at radius 1 is 1.25 bits per heavy atom. The highest BCUT2D eigenvalue weighted by Crippen LogP contribution is 2.24. The van der Waals surface area contributed by atoms with E-state index in [4.69, 9.17) is 9.47 Å². The first-order chi connectivity index (χ1) is 11.7. The molecule has 0 bridgehead atoms. The van der Waals surface area contributed by atoms with Gasteiger partial charge in [0, 0.05) is 6.07 Å². The molecule has 6 nitrogen and oxygen atoms in total. The molecule has 24 heavy (non-hydrogen) atoms. The van der Waals surface area contributed by atoms with Gasteiger partial charge < -0.3 is 14.8 Å². The van der Waals surface area contributed by atoms with Crippen molar-refractivity contribution in [3.05, 3.63) is 47.8 Å². The number of nitrogens with zero attached hydrogens (tertiary/aromatic N) is 1. The van der Waals surface area contributed by atoms with Gasteiger partial charge >= 0.3 is 0 Å². The van der Waals surface area contributed by atoms with Gasteiger partial charge in [-0.25, -0.2) is 0 Å². The van der Waals surface area contributed by atoms with Crippen LogP contribution in [0, 0.1) is 0 Å². The number of carbonyl (C=O) groups excluding carboxylic acids is 1. The SMILES string of the molecule is COc1ccc(OC(C)C(=O)Nc2cc(-c3cccs3)[nH]n2)cc1. The quantitative estimate of drug-likeness (QED) is 0.717. The van der Waals surface area contributed by atoms with Crippen LogP contribution in [-0.2, 0) is 4.79 Å². The summed E-state index contributed by atoms with van der Waals surface area (Å²) in [5.74, 6) is 1.53. The van der Waals surface area contributed by atoms with Crippen LogP contribution in [0.1, 0.15) is 6.92 Å². The standard InChI is InChI=1S/C17H17N3O3S/c1-11(23-13-7-5-12(22-2)6-8-13)17(21)18-16-10-14(19-20-16)15-4-3-9-24-15/h3-11H,1-2H3,(H2,18,19,20,21). The third kappa shape index (κ3) is 3.75. The Balaban J connectivity index is 1.59. The minimum atomic E-state index is -0.653. The number of ether oxygens (including phenoxy) is 2. The van der Waals surface area contributed by atoms with Crippen molar-refractivity contribution in [3.63, 3.8) is 0 Å². The summed E-state index contributed by atoms with van der Waals surface area (Å²) < 4.78 is 10.7. The van der Waals surface area contributed by atoms with Crippen LogP contribution < -0.4 is 14.8 Å². The van der Waals surface area contributed by atoms with Crippen molar-refractivity contribution in [3.8, 4) is 22.1 Å². The first kappa shape index (κ1) is 16.1. The van der Waals surface area contributed by atoms with E-state index >= 15 is 0 Å². The van der Waals surface area contributed by atoms with E-state index < -0.39 is 6.10 Å². The lowest BCUT2D eigenvalue weighted by Crippen LogP contribution is -2.30. The number of aromatic nitrogens is 2. The Bertz CT molecular complexity index is 797. The van der Waals surface area contributed by atoms with Gasteiger partial charge in [-0.05, 0) is 42.6 Å². The van der Waals surface area contributed by atoms with Crippen molar-refractivity contribution in [2.75, 3.05) is 12.4 Å². The molecule has 0 aliphatic carbocycles. The van der Waals surface area contributed by atoms with Gasteiger partial charge in [0.15, 0.2) is 11.9 Å². The number of anilines is 1. The zero-order valence-electron chi connectivity index (χ0n) is 13.3. The third-order valence-electron chi connectivity index (χ3n) is 3.36. The van der Waals surface area contributed by atoms with E-state index in [1.165, 1.54) is 0 Å². The maximum absolute atomic E-state index is 12.2. The molecule has 124 valence electrons. The number of methoxy groups -OCH3 is 1. The van der Waals surface area contributed by atoms with Gasteiger partial charge in [-0.1, -0.05) is 6.07 Å². The second-order valence-corrected chi connectivity index (χ2v) is 6.02. The number of H-pyrrole nitrogens is 1. The van der Waals surface area contributed by atoms with Crippen LogP contribution in [0.2, 0.25) is 0 Å². The highest BCUT2D eigenvalue weighted by molar-refractivity contribution is 7.13. The van der Waals surface area contributed by atoms with E-state index in [-0.39, 0.29) is 5.91 Å². The molecule has 1 amide bonds. The molecule has 0 spiro atoms. The van der Waals surface area contributed by atoms with Gasteiger partial charge in [-0.2, -0.15) is 5.10 Å². The van der Waals surface area contributed by atoms with Crippen molar-refractivity contribution in [1.29, 1.82) is 0 Å². The Hall–Kier alpha value is -2.80. The Morgan fingerprint density at radius 2 is 2.00 bits per heavy atom. The maximum atomic E-state index is 12.2. The van der Waals surface area contributed by atoms with Crippen molar-refractivity contribution < 1.29 is 14.3 Å². The van der Waals surface area contributed by atoms with Gasteiger partial charge in [0.1, 0.15) is 11.5 Å². The summed E-state index contributed by atoms with van der Waals surface area (Å²) >= 11 is 1.60. The molecule has 2 N–H and O–H groups in total. The summed E-state index contributed by atoms with van der Waals surface area (Å²) in [5.41, 5.74) is 0.865. The van der Waals surface area contributed by atoms with E-state index in [2.05, 4.69) is 15.5 Å². The summed E-state index contributed by atoms with van der Waals surface area (Å²) in [6, 6.07) is 12.8. The summed E-state index contributed by atoms with van der Waals surface area (Å²) in [6.45, 7) is 1.69. The lowest BCUT2D eigenvalue weighted by atomic mass is 10.3. The monoisotopic (exact) mass is 343 g/mol. The molecule has 0 radical (unpaired) electrons. The number of thiophene rings is 1. The van der Waals surface area contributed by atoms with Crippen LogP contribution in [0.5, 0.6) is 11.5 Å². The van der Waals surface area contributed by atoms with Crippen LogP contribution in [0.15, 0.2) is 47.8 Å². The number of rotatable bonds is 6. The third-order valence-corrected chi connectivity index (χ3v) is 4.26. The van der Waals surface area contributed by atoms with E-state index in [1.807, 2.05) is 17.5 Å². The normalized spacial score (nSPS) is 11.8. The molecule has 0 aliphatic heterocycles. The largest absolute Gasteiger partial charge is 0.497 e. The van der Waals surface area contributed by atoms with Crippen LogP contribution in [-0.4, -0.2) is 29.3 Å². The molecule has 0 saturated heterocycles. The second kappa shape index (κ2) is 7.18. The van der Waals surface area contributed by atoms with Gasteiger partial charge in [0.05, 0.1) is 17.7 Å². The summed E-state index contributed by atoms with van der Waals surface area (Å²) in [7, 11) is 1.60. The molecule has 7 heteroatoms. The van der Waals surface area contributed by atoms with Gasteiger partial charge in [-0.15, -0.1) is 11.3 Å². The average molecular weight is 343 g/mol. The van der Waals surface area contributed by atoms with Crippen molar-refractivity contribution in [1.82, 2.24) is 10.2 Å². The highest BCUT2D eigenvalue weighted by atomic mass is 32.1. The Kier molecular flexibility index (Phi) is 4.81. The van der Waals surface area contributed by atoms with Crippen LogP contribution in [0.25, 0.3) is 10.6 Å². The van der Waals surface area contributed by atoms with Crippen molar-refractivity contribution in [2.45, 2.75) is 13.0 Å². The lowest BCUT2D eigenvalue weighted by Gasteiger charge is -2.14. The Morgan fingerprint density at radius 3 is 2.67 bits per heavy atom. The molecule has 0 fully saturated rings. The molecular weight excluding hydrogens is 326 g/mol. The molecule has 1 unspecified atom stereocenters. The first-order valence-electron chi connectivity index (χ1n) is 7.36. The molecule has 3 aromatic rings. The summed E-state index contributed by atoms with van der Waals surface area (Å²) in [4.78, 5) is 13.3. The highest BCUT2D eigenvalue weighted by Gasteiger charge is 2.16. The number of benzene rings is 1. The van der Waals surface area contributed by atoms with Crippen LogP contribution >= 0.6 is 11.3 Å². The van der Waals surface area contributed by atoms with Gasteiger partial charge in [0.2, 0.25) is 0 Å². The zero-order valence-corrected chi connectivity index (χ0v) is 14.1. The van der Waals surface area contributed by atoms with E-state index in [9.17, 15) is 4.79 Å². The van der Waals surface area contributed by atoms with Crippen molar-refractivity contribution >= 4 is 23.1 Å². The number of carbonyl (C=O) groups is 1. The fourth-order valence-electron chi connectivity index (χ4n) is 2.08. The van der Waals surface area contributed by atoms with Crippen LogP contribution in [0.4, 0.5) is 5.82 Å². The molecule has 0 saturated carbocycles. The number of nitrogens with one attached hydrogen (secondary N) is 2. The van der Waals surface area contributed by atoms with E-state index in [0.717, 1.165) is 16.3 Å². The van der Waals surface area contributed by atoms with E-state index in [0.29, 0.717) is 11.6 Å². The topological polar surface area (TPSA) is 76.2 Å². The van der Waals surface area contributed by atoms with E-state index in [1.54, 1.807) is 55.7 Å². The molecule has 2 heterocycles. The first-order valence-corrected chi connectivity index (χ1v) is 8.24. The molecule has 3 rings (SSSR count). The zero-order chi connectivity index (χ0) is 16.9. The number of hydrogen-bond donors (Lipinski definition) is 2. The molecule has 1 aromatic carbocycles. The Labute approximate surface area is 143 Å². The predicted octanol–water partition coefficient (Wildman–Crippen LogP) is 3.55. The fourth-order valence-corrected chi connectivity index (χ4v) is 2.78. The fraction of sp³-hybridized carbons (Fsp3) is 0.176. The summed E-state index contributed by atoms with van der Waals surface area (Å²) in [6.07, 6.45) is -0.653. The molecule has 1 atom stereocenters.